The summed E-state index contributed by atoms with van der Waals surface area (Å²) in [4.78, 5) is 36.1. The lowest BCUT2D eigenvalue weighted by Crippen LogP contribution is -2.36. The molecule has 1 aromatic heterocycles. The molecule has 6 nitrogen and oxygen atoms in total. The summed E-state index contributed by atoms with van der Waals surface area (Å²) in [6.07, 6.45) is 3.57. The summed E-state index contributed by atoms with van der Waals surface area (Å²) in [7, 11) is 1.92. The Labute approximate surface area is 130 Å². The normalized spacial score (nSPS) is 17.0. The largest absolute Gasteiger partial charge is 0.368 e. The number of carbonyl (C=O) groups is 3. The molecule has 0 unspecified atom stereocenters. The first kappa shape index (κ1) is 14.4. The van der Waals surface area contributed by atoms with E-state index in [0.717, 1.165) is 33.1 Å². The van der Waals surface area contributed by atoms with Crippen molar-refractivity contribution in [3.63, 3.8) is 0 Å². The Morgan fingerprint density at radius 3 is 2.77 bits per heavy atom. The number of hydrogen-bond donors (Lipinski definition) is 1. The standard InChI is InChI=1S/C15H13N3O3S/c1-17-7-9(10-4-2-3-5-11(10)17)6-12-14(20)18(8-13(16)19)15(21)22-12/h2-7H,8H2,1H3,(H2,16,19)/b12-6-. The van der Waals surface area contributed by atoms with Crippen molar-refractivity contribution in [2.45, 2.75) is 0 Å². The van der Waals surface area contributed by atoms with E-state index in [9.17, 15) is 14.4 Å². The van der Waals surface area contributed by atoms with Gasteiger partial charge in [0, 0.05) is 29.7 Å². The maximum Gasteiger partial charge on any atom is 0.294 e. The third-order valence-electron chi connectivity index (χ3n) is 3.40. The average molecular weight is 315 g/mol. The van der Waals surface area contributed by atoms with Gasteiger partial charge in [0.1, 0.15) is 6.54 Å². The second-order valence-electron chi connectivity index (χ2n) is 4.95. The van der Waals surface area contributed by atoms with Crippen molar-refractivity contribution in [2.24, 2.45) is 12.8 Å². The Balaban J connectivity index is 2.00. The van der Waals surface area contributed by atoms with Crippen LogP contribution in [0.25, 0.3) is 17.0 Å². The molecule has 0 atom stereocenters. The maximum absolute atomic E-state index is 12.2. The van der Waals surface area contributed by atoms with E-state index in [1.165, 1.54) is 0 Å². The molecule has 1 fully saturated rings. The van der Waals surface area contributed by atoms with E-state index in [0.29, 0.717) is 4.91 Å². The molecule has 0 bridgehead atoms. The summed E-state index contributed by atoms with van der Waals surface area (Å²) in [5.74, 6) is -1.20. The van der Waals surface area contributed by atoms with Crippen LogP contribution in [0.2, 0.25) is 0 Å². The third kappa shape index (κ3) is 2.39. The first-order chi connectivity index (χ1) is 10.5. The molecule has 2 N–H and O–H groups in total. The van der Waals surface area contributed by atoms with Gasteiger partial charge in [-0.1, -0.05) is 18.2 Å². The van der Waals surface area contributed by atoms with Crippen LogP contribution in [0.1, 0.15) is 5.56 Å². The van der Waals surface area contributed by atoms with Crippen LogP contribution in [-0.4, -0.2) is 33.1 Å². The fraction of sp³-hybridized carbons (Fsp3) is 0.133. The van der Waals surface area contributed by atoms with E-state index in [1.807, 2.05) is 42.1 Å². The van der Waals surface area contributed by atoms with Crippen molar-refractivity contribution in [1.82, 2.24) is 9.47 Å². The zero-order valence-electron chi connectivity index (χ0n) is 11.8. The fourth-order valence-corrected chi connectivity index (χ4v) is 3.25. The van der Waals surface area contributed by atoms with E-state index >= 15 is 0 Å². The van der Waals surface area contributed by atoms with Crippen molar-refractivity contribution in [3.8, 4) is 0 Å². The Hall–Kier alpha value is -2.54. The molecule has 0 aliphatic carbocycles. The zero-order chi connectivity index (χ0) is 15.9. The molecule has 2 heterocycles. The summed E-state index contributed by atoms with van der Waals surface area (Å²) < 4.78 is 1.95. The van der Waals surface area contributed by atoms with E-state index in [-0.39, 0.29) is 0 Å². The van der Waals surface area contributed by atoms with Crippen LogP contribution in [0.5, 0.6) is 0 Å². The summed E-state index contributed by atoms with van der Waals surface area (Å²) >= 11 is 0.818. The Bertz CT molecular complexity index is 838. The number of benzene rings is 1. The molecule has 3 amide bonds. The summed E-state index contributed by atoms with van der Waals surface area (Å²) in [5, 5.41) is 0.516. The molecule has 2 aromatic rings. The number of carbonyl (C=O) groups excluding carboxylic acids is 3. The van der Waals surface area contributed by atoms with Crippen LogP contribution in [0, 0.1) is 0 Å². The molecule has 1 aliphatic heterocycles. The van der Waals surface area contributed by atoms with Gasteiger partial charge >= 0.3 is 0 Å². The average Bonchev–Trinajstić information content (AvgIpc) is 2.92. The summed E-state index contributed by atoms with van der Waals surface area (Å²) in [6.45, 7) is -0.391. The van der Waals surface area contributed by atoms with Gasteiger partial charge in [0.25, 0.3) is 11.1 Å². The summed E-state index contributed by atoms with van der Waals surface area (Å²) in [6, 6.07) is 7.78. The molecule has 22 heavy (non-hydrogen) atoms. The van der Waals surface area contributed by atoms with Crippen LogP contribution in [0.15, 0.2) is 35.4 Å². The third-order valence-corrected chi connectivity index (χ3v) is 4.31. The predicted molar refractivity (Wildman–Crippen MR) is 84.8 cm³/mol. The van der Waals surface area contributed by atoms with Crippen LogP contribution in [-0.2, 0) is 16.6 Å². The fourth-order valence-electron chi connectivity index (χ4n) is 2.42. The lowest BCUT2D eigenvalue weighted by Gasteiger charge is -2.08. The lowest BCUT2D eigenvalue weighted by atomic mass is 10.1. The van der Waals surface area contributed by atoms with Crippen molar-refractivity contribution in [2.75, 3.05) is 6.54 Å². The number of amides is 3. The quantitative estimate of drug-likeness (QED) is 0.874. The van der Waals surface area contributed by atoms with Gasteiger partial charge < -0.3 is 10.3 Å². The Morgan fingerprint density at radius 2 is 2.05 bits per heavy atom. The molecule has 7 heteroatoms. The van der Waals surface area contributed by atoms with Crippen LogP contribution < -0.4 is 5.73 Å². The van der Waals surface area contributed by atoms with E-state index in [1.54, 1.807) is 6.08 Å². The number of para-hydroxylation sites is 1. The highest BCUT2D eigenvalue weighted by Gasteiger charge is 2.35. The van der Waals surface area contributed by atoms with Crippen molar-refractivity contribution < 1.29 is 14.4 Å². The van der Waals surface area contributed by atoms with Gasteiger partial charge in [0.2, 0.25) is 5.91 Å². The molecular weight excluding hydrogens is 302 g/mol. The molecule has 0 radical (unpaired) electrons. The highest BCUT2D eigenvalue weighted by Crippen LogP contribution is 2.33. The number of primary amides is 1. The molecule has 1 saturated heterocycles. The zero-order valence-corrected chi connectivity index (χ0v) is 12.6. The molecule has 1 aromatic carbocycles. The predicted octanol–water partition coefficient (Wildman–Crippen LogP) is 1.70. The van der Waals surface area contributed by atoms with Crippen molar-refractivity contribution in [3.05, 3.63) is 40.9 Å². The molecular formula is C15H13N3O3S. The number of thioether (sulfide) groups is 1. The molecule has 0 saturated carbocycles. The SMILES string of the molecule is Cn1cc(/C=C2\SC(=O)N(CC(N)=O)C2=O)c2ccccc21. The second-order valence-corrected chi connectivity index (χ2v) is 5.94. The van der Waals surface area contributed by atoms with Gasteiger partial charge in [0.15, 0.2) is 0 Å². The van der Waals surface area contributed by atoms with Gasteiger partial charge in [-0.2, -0.15) is 0 Å². The molecule has 112 valence electrons. The van der Waals surface area contributed by atoms with Crippen molar-refractivity contribution >= 4 is 45.8 Å². The first-order valence-corrected chi connectivity index (χ1v) is 7.37. The van der Waals surface area contributed by atoms with Gasteiger partial charge in [-0.05, 0) is 23.9 Å². The number of aromatic nitrogens is 1. The van der Waals surface area contributed by atoms with Crippen LogP contribution in [0.4, 0.5) is 4.79 Å². The van der Waals surface area contributed by atoms with Crippen LogP contribution in [0.3, 0.4) is 0 Å². The monoisotopic (exact) mass is 315 g/mol. The number of aryl methyl sites for hydroxylation is 1. The van der Waals surface area contributed by atoms with E-state index in [2.05, 4.69) is 0 Å². The number of hydrogen-bond acceptors (Lipinski definition) is 4. The topological polar surface area (TPSA) is 85.4 Å². The lowest BCUT2D eigenvalue weighted by molar-refractivity contribution is -0.127. The van der Waals surface area contributed by atoms with Crippen molar-refractivity contribution in [1.29, 1.82) is 0 Å². The molecule has 1 aliphatic rings. The van der Waals surface area contributed by atoms with Gasteiger partial charge in [-0.25, -0.2) is 0 Å². The Morgan fingerprint density at radius 1 is 1.32 bits per heavy atom. The summed E-state index contributed by atoms with van der Waals surface area (Å²) in [5.41, 5.74) is 6.94. The minimum atomic E-state index is -0.714. The van der Waals surface area contributed by atoms with E-state index in [4.69, 9.17) is 5.73 Å². The van der Waals surface area contributed by atoms with E-state index < -0.39 is 23.6 Å². The maximum atomic E-state index is 12.2. The minimum absolute atomic E-state index is 0.294. The number of imide groups is 1. The number of rotatable bonds is 3. The van der Waals surface area contributed by atoms with Gasteiger partial charge in [-0.15, -0.1) is 0 Å². The smallest absolute Gasteiger partial charge is 0.294 e. The highest BCUT2D eigenvalue weighted by molar-refractivity contribution is 8.18. The van der Waals surface area contributed by atoms with Gasteiger partial charge in [-0.3, -0.25) is 19.3 Å². The highest BCUT2D eigenvalue weighted by atomic mass is 32.2. The molecule has 0 spiro atoms. The number of fused-ring (bicyclic) bond motifs is 1. The second kappa shape index (κ2) is 5.34. The number of nitrogens with two attached hydrogens (primary N) is 1. The first-order valence-electron chi connectivity index (χ1n) is 6.55. The van der Waals surface area contributed by atoms with Crippen LogP contribution >= 0.6 is 11.8 Å². The molecule has 3 rings (SSSR count). The minimum Gasteiger partial charge on any atom is -0.368 e. The van der Waals surface area contributed by atoms with Gasteiger partial charge in [0.05, 0.1) is 4.91 Å². The Kier molecular flexibility index (Phi) is 3.50. The number of nitrogens with zero attached hydrogens (tertiary/aromatic N) is 2.